The van der Waals surface area contributed by atoms with Crippen LogP contribution in [0.4, 0.5) is 0 Å². The molecule has 0 spiro atoms. The number of rotatable bonds is 4. The molecule has 0 aromatic carbocycles. The van der Waals surface area contributed by atoms with Gasteiger partial charge < -0.3 is 16.2 Å². The van der Waals surface area contributed by atoms with E-state index in [-0.39, 0.29) is 23.6 Å². The van der Waals surface area contributed by atoms with Crippen molar-refractivity contribution in [2.45, 2.75) is 62.4 Å². The van der Waals surface area contributed by atoms with Crippen molar-refractivity contribution in [3.63, 3.8) is 0 Å². The molecule has 0 aromatic heterocycles. The van der Waals surface area contributed by atoms with Gasteiger partial charge in [0.25, 0.3) is 0 Å². The Bertz CT molecular complexity index is 268. The third-order valence-corrected chi connectivity index (χ3v) is 4.13. The normalized spacial score (nSPS) is 26.1. The summed E-state index contributed by atoms with van der Waals surface area (Å²) in [6, 6.07) is 0. The predicted molar refractivity (Wildman–Crippen MR) is 61.8 cm³/mol. The van der Waals surface area contributed by atoms with Crippen LogP contribution in [0, 0.1) is 0 Å². The molecule has 0 aliphatic heterocycles. The van der Waals surface area contributed by atoms with Crippen LogP contribution >= 0.6 is 0 Å². The molecule has 0 atom stereocenters. The highest BCUT2D eigenvalue weighted by atomic mass is 16.3. The maximum atomic E-state index is 11.9. The maximum absolute atomic E-state index is 11.9. The first kappa shape index (κ1) is 11.9. The molecule has 1 amide bonds. The molecule has 2 rings (SSSR count). The van der Waals surface area contributed by atoms with Crippen molar-refractivity contribution in [1.82, 2.24) is 5.32 Å². The van der Waals surface area contributed by atoms with Crippen LogP contribution in [0.3, 0.4) is 0 Å². The number of nitrogens with one attached hydrogen (secondary N) is 1. The molecule has 0 bridgehead atoms. The molecule has 0 aromatic rings. The molecule has 2 fully saturated rings. The molecule has 2 saturated carbocycles. The van der Waals surface area contributed by atoms with Gasteiger partial charge in [0, 0.05) is 12.0 Å². The van der Waals surface area contributed by atoms with E-state index in [1.807, 2.05) is 0 Å². The van der Waals surface area contributed by atoms with E-state index < -0.39 is 0 Å². The van der Waals surface area contributed by atoms with Gasteiger partial charge in [-0.15, -0.1) is 0 Å². The second kappa shape index (κ2) is 4.34. The zero-order valence-electron chi connectivity index (χ0n) is 9.80. The fourth-order valence-corrected chi connectivity index (χ4v) is 2.84. The van der Waals surface area contributed by atoms with E-state index in [9.17, 15) is 9.90 Å². The number of carbonyl (C=O) groups excluding carboxylic acids is 1. The molecule has 0 radical (unpaired) electrons. The van der Waals surface area contributed by atoms with Crippen LogP contribution in [0.1, 0.15) is 51.4 Å². The Balaban J connectivity index is 1.85. The SMILES string of the molecule is NC1(CC(=O)NC2(CO)CCCC2)CCC1. The summed E-state index contributed by atoms with van der Waals surface area (Å²) < 4.78 is 0. The van der Waals surface area contributed by atoms with E-state index >= 15 is 0 Å². The first-order chi connectivity index (χ1) is 7.58. The van der Waals surface area contributed by atoms with Crippen molar-refractivity contribution in [3.05, 3.63) is 0 Å². The van der Waals surface area contributed by atoms with Crippen molar-refractivity contribution in [2.24, 2.45) is 5.73 Å². The van der Waals surface area contributed by atoms with Gasteiger partial charge in [-0.05, 0) is 32.1 Å². The third-order valence-electron chi connectivity index (χ3n) is 4.13. The minimum atomic E-state index is -0.350. The quantitative estimate of drug-likeness (QED) is 0.660. The Morgan fingerprint density at radius 3 is 2.25 bits per heavy atom. The van der Waals surface area contributed by atoms with E-state index in [2.05, 4.69) is 5.32 Å². The highest BCUT2D eigenvalue weighted by molar-refractivity contribution is 5.78. The van der Waals surface area contributed by atoms with Crippen LogP contribution < -0.4 is 11.1 Å². The molecule has 0 unspecified atom stereocenters. The van der Waals surface area contributed by atoms with E-state index in [0.717, 1.165) is 44.9 Å². The van der Waals surface area contributed by atoms with E-state index in [4.69, 9.17) is 5.73 Å². The summed E-state index contributed by atoms with van der Waals surface area (Å²) >= 11 is 0. The largest absolute Gasteiger partial charge is 0.394 e. The summed E-state index contributed by atoms with van der Waals surface area (Å²) in [5.41, 5.74) is 5.42. The lowest BCUT2D eigenvalue weighted by molar-refractivity contribution is -0.125. The van der Waals surface area contributed by atoms with Crippen molar-refractivity contribution < 1.29 is 9.90 Å². The Hall–Kier alpha value is -0.610. The fourth-order valence-electron chi connectivity index (χ4n) is 2.84. The van der Waals surface area contributed by atoms with Crippen LogP contribution in [-0.2, 0) is 4.79 Å². The fraction of sp³-hybridized carbons (Fsp3) is 0.917. The molecule has 4 heteroatoms. The number of aliphatic hydroxyl groups excluding tert-OH is 1. The van der Waals surface area contributed by atoms with E-state index in [0.29, 0.717) is 6.42 Å². The van der Waals surface area contributed by atoms with Crippen molar-refractivity contribution in [3.8, 4) is 0 Å². The number of carbonyl (C=O) groups is 1. The van der Waals surface area contributed by atoms with Gasteiger partial charge in [0.1, 0.15) is 0 Å². The molecular weight excluding hydrogens is 204 g/mol. The number of nitrogens with two attached hydrogens (primary N) is 1. The molecule has 2 aliphatic rings. The molecule has 92 valence electrons. The van der Waals surface area contributed by atoms with Crippen LogP contribution in [0.2, 0.25) is 0 Å². The molecule has 4 N–H and O–H groups in total. The monoisotopic (exact) mass is 226 g/mol. The average Bonchev–Trinajstić information content (AvgIpc) is 2.64. The summed E-state index contributed by atoms with van der Waals surface area (Å²) in [6.07, 6.45) is 7.42. The Kier molecular flexibility index (Phi) is 3.22. The van der Waals surface area contributed by atoms with Gasteiger partial charge in [0.15, 0.2) is 0 Å². The lowest BCUT2D eigenvalue weighted by atomic mass is 9.75. The molecule has 16 heavy (non-hydrogen) atoms. The van der Waals surface area contributed by atoms with Gasteiger partial charge in [-0.3, -0.25) is 4.79 Å². The van der Waals surface area contributed by atoms with Gasteiger partial charge in [0.05, 0.1) is 12.1 Å². The summed E-state index contributed by atoms with van der Waals surface area (Å²) in [7, 11) is 0. The average molecular weight is 226 g/mol. The smallest absolute Gasteiger partial charge is 0.222 e. The first-order valence-corrected chi connectivity index (χ1v) is 6.28. The minimum absolute atomic E-state index is 0.0122. The second-order valence-electron chi connectivity index (χ2n) is 5.59. The standard InChI is InChI=1S/C12H22N2O2/c13-11(4-3-5-11)8-10(16)14-12(9-15)6-1-2-7-12/h15H,1-9,13H2,(H,14,16). The zero-order chi connectivity index (χ0) is 11.6. The molecule has 0 saturated heterocycles. The van der Waals surface area contributed by atoms with Gasteiger partial charge in [-0.2, -0.15) is 0 Å². The van der Waals surface area contributed by atoms with Gasteiger partial charge >= 0.3 is 0 Å². The van der Waals surface area contributed by atoms with E-state index in [1.54, 1.807) is 0 Å². The molecular formula is C12H22N2O2. The highest BCUT2D eigenvalue weighted by Crippen LogP contribution is 2.33. The number of hydrogen-bond acceptors (Lipinski definition) is 3. The molecule has 2 aliphatic carbocycles. The Labute approximate surface area is 96.6 Å². The second-order valence-corrected chi connectivity index (χ2v) is 5.59. The lowest BCUT2D eigenvalue weighted by Gasteiger charge is -2.38. The maximum Gasteiger partial charge on any atom is 0.222 e. The van der Waals surface area contributed by atoms with Crippen LogP contribution in [0.25, 0.3) is 0 Å². The van der Waals surface area contributed by atoms with Gasteiger partial charge in [-0.1, -0.05) is 12.8 Å². The lowest BCUT2D eigenvalue weighted by Crippen LogP contribution is -2.55. The highest BCUT2D eigenvalue weighted by Gasteiger charge is 2.39. The van der Waals surface area contributed by atoms with Crippen molar-refractivity contribution >= 4 is 5.91 Å². The number of aliphatic hydroxyl groups is 1. The summed E-state index contributed by atoms with van der Waals surface area (Å²) in [5.74, 6) is 0.0122. The topological polar surface area (TPSA) is 75.4 Å². The zero-order valence-corrected chi connectivity index (χ0v) is 9.80. The summed E-state index contributed by atoms with van der Waals surface area (Å²) in [6.45, 7) is 0.0519. The Morgan fingerprint density at radius 2 is 1.81 bits per heavy atom. The van der Waals surface area contributed by atoms with Crippen LogP contribution in [-0.4, -0.2) is 28.7 Å². The number of hydrogen-bond donors (Lipinski definition) is 3. The predicted octanol–water partition coefficient (Wildman–Crippen LogP) is 0.679. The van der Waals surface area contributed by atoms with Gasteiger partial charge in [-0.25, -0.2) is 0 Å². The Morgan fingerprint density at radius 1 is 1.19 bits per heavy atom. The molecule has 4 nitrogen and oxygen atoms in total. The summed E-state index contributed by atoms with van der Waals surface area (Å²) in [5, 5.41) is 12.4. The third kappa shape index (κ3) is 2.38. The molecule has 0 heterocycles. The minimum Gasteiger partial charge on any atom is -0.394 e. The van der Waals surface area contributed by atoms with Crippen molar-refractivity contribution in [2.75, 3.05) is 6.61 Å². The van der Waals surface area contributed by atoms with Gasteiger partial charge in [0.2, 0.25) is 5.91 Å². The summed E-state index contributed by atoms with van der Waals surface area (Å²) in [4.78, 5) is 11.9. The number of amides is 1. The first-order valence-electron chi connectivity index (χ1n) is 6.28. The van der Waals surface area contributed by atoms with Crippen LogP contribution in [0.15, 0.2) is 0 Å². The van der Waals surface area contributed by atoms with Crippen LogP contribution in [0.5, 0.6) is 0 Å². The van der Waals surface area contributed by atoms with E-state index in [1.165, 1.54) is 0 Å². The van der Waals surface area contributed by atoms with Crippen molar-refractivity contribution in [1.29, 1.82) is 0 Å².